The quantitative estimate of drug-likeness (QED) is 0.783. The van der Waals surface area contributed by atoms with Gasteiger partial charge in [0.2, 0.25) is 0 Å². The molecule has 1 rings (SSSR count). The maximum Gasteiger partial charge on any atom is 0.325 e. The van der Waals surface area contributed by atoms with Gasteiger partial charge in [0.1, 0.15) is 11.9 Å². The molecule has 0 saturated heterocycles. The highest BCUT2D eigenvalue weighted by atomic mass is 19.1. The number of carboxylic acids is 1. The van der Waals surface area contributed by atoms with Gasteiger partial charge in [0.05, 0.1) is 6.61 Å². The minimum Gasteiger partial charge on any atom is -0.480 e. The number of benzene rings is 1. The lowest BCUT2D eigenvalue weighted by Crippen LogP contribution is -2.33. The van der Waals surface area contributed by atoms with Crippen LogP contribution in [0.5, 0.6) is 0 Å². The van der Waals surface area contributed by atoms with Gasteiger partial charge in [0.25, 0.3) is 0 Å². The number of aliphatic hydroxyl groups is 1. The molecule has 0 aliphatic rings. The molecule has 2 N–H and O–H groups in total. The van der Waals surface area contributed by atoms with Crippen molar-refractivity contribution in [2.75, 3.05) is 20.2 Å². The van der Waals surface area contributed by atoms with Gasteiger partial charge in [-0.05, 0) is 24.7 Å². The van der Waals surface area contributed by atoms with E-state index in [1.807, 2.05) is 0 Å². The molecular weight excluding hydrogens is 213 g/mol. The Bertz CT molecular complexity index is 370. The molecule has 0 saturated carbocycles. The third kappa shape index (κ3) is 3.01. The Kier molecular flexibility index (Phi) is 4.39. The summed E-state index contributed by atoms with van der Waals surface area (Å²) in [4.78, 5) is 12.5. The summed E-state index contributed by atoms with van der Waals surface area (Å²) < 4.78 is 13.0. The lowest BCUT2D eigenvalue weighted by atomic mass is 10.1. The summed E-state index contributed by atoms with van der Waals surface area (Å²) in [5.74, 6) is -1.54. The molecule has 0 aliphatic heterocycles. The van der Waals surface area contributed by atoms with Crippen LogP contribution in [0.15, 0.2) is 24.3 Å². The van der Waals surface area contributed by atoms with Crippen LogP contribution in [0.3, 0.4) is 0 Å². The minimum atomic E-state index is -1.07. The lowest BCUT2D eigenvalue weighted by molar-refractivity contribution is -0.143. The Morgan fingerprint density at radius 1 is 1.56 bits per heavy atom. The standard InChI is InChI=1S/C11H14FNO3/c1-13(5-6-14)10(11(15)16)8-3-2-4-9(12)7-8/h2-4,7,10,14H,5-6H2,1H3,(H,15,16). The van der Waals surface area contributed by atoms with Crippen LogP contribution in [0, 0.1) is 5.82 Å². The first-order chi connectivity index (χ1) is 7.56. The van der Waals surface area contributed by atoms with E-state index in [-0.39, 0.29) is 13.2 Å². The van der Waals surface area contributed by atoms with Gasteiger partial charge in [-0.25, -0.2) is 4.39 Å². The molecule has 0 radical (unpaired) electrons. The Labute approximate surface area is 92.9 Å². The summed E-state index contributed by atoms with van der Waals surface area (Å²) in [5, 5.41) is 17.8. The van der Waals surface area contributed by atoms with Gasteiger partial charge < -0.3 is 10.2 Å². The van der Waals surface area contributed by atoms with Crippen molar-refractivity contribution in [1.29, 1.82) is 0 Å². The molecule has 16 heavy (non-hydrogen) atoms. The van der Waals surface area contributed by atoms with Gasteiger partial charge in [-0.3, -0.25) is 9.69 Å². The monoisotopic (exact) mass is 227 g/mol. The molecule has 1 aromatic rings. The van der Waals surface area contributed by atoms with E-state index in [1.165, 1.54) is 23.1 Å². The van der Waals surface area contributed by atoms with Gasteiger partial charge in [-0.2, -0.15) is 0 Å². The first kappa shape index (κ1) is 12.6. The van der Waals surface area contributed by atoms with Crippen LogP contribution in [0.4, 0.5) is 4.39 Å². The van der Waals surface area contributed by atoms with Crippen molar-refractivity contribution in [2.24, 2.45) is 0 Å². The van der Waals surface area contributed by atoms with Crippen LogP contribution >= 0.6 is 0 Å². The second-order valence-corrected chi connectivity index (χ2v) is 3.50. The topological polar surface area (TPSA) is 60.8 Å². The maximum absolute atomic E-state index is 13.0. The second-order valence-electron chi connectivity index (χ2n) is 3.50. The van der Waals surface area contributed by atoms with Gasteiger partial charge in [0.15, 0.2) is 0 Å². The molecule has 1 aromatic carbocycles. The largest absolute Gasteiger partial charge is 0.480 e. The number of nitrogens with zero attached hydrogens (tertiary/aromatic N) is 1. The number of aliphatic hydroxyl groups excluding tert-OH is 1. The Balaban J connectivity index is 2.98. The predicted molar refractivity (Wildman–Crippen MR) is 56.5 cm³/mol. The summed E-state index contributed by atoms with van der Waals surface area (Å²) in [7, 11) is 1.57. The molecule has 5 heteroatoms. The zero-order chi connectivity index (χ0) is 12.1. The van der Waals surface area contributed by atoms with Crippen molar-refractivity contribution in [3.05, 3.63) is 35.6 Å². The maximum atomic E-state index is 13.0. The fourth-order valence-electron chi connectivity index (χ4n) is 1.55. The highest BCUT2D eigenvalue weighted by molar-refractivity contribution is 5.75. The second kappa shape index (κ2) is 5.58. The molecule has 0 fully saturated rings. The molecule has 88 valence electrons. The third-order valence-corrected chi connectivity index (χ3v) is 2.29. The number of hydrogen-bond donors (Lipinski definition) is 2. The summed E-state index contributed by atoms with van der Waals surface area (Å²) in [6.07, 6.45) is 0. The average molecular weight is 227 g/mol. The van der Waals surface area contributed by atoms with Gasteiger partial charge in [-0.1, -0.05) is 12.1 Å². The summed E-state index contributed by atoms with van der Waals surface area (Å²) in [6, 6.07) is 4.52. The van der Waals surface area contributed by atoms with Crippen LogP contribution in [0.25, 0.3) is 0 Å². The van der Waals surface area contributed by atoms with Crippen LogP contribution in [0.1, 0.15) is 11.6 Å². The van der Waals surface area contributed by atoms with Crippen LogP contribution in [-0.2, 0) is 4.79 Å². The van der Waals surface area contributed by atoms with E-state index in [1.54, 1.807) is 13.1 Å². The van der Waals surface area contributed by atoms with Crippen LogP contribution < -0.4 is 0 Å². The van der Waals surface area contributed by atoms with Crippen molar-refractivity contribution in [3.63, 3.8) is 0 Å². The molecular formula is C11H14FNO3. The lowest BCUT2D eigenvalue weighted by Gasteiger charge is -2.23. The zero-order valence-corrected chi connectivity index (χ0v) is 8.93. The Morgan fingerprint density at radius 2 is 2.25 bits per heavy atom. The number of hydrogen-bond acceptors (Lipinski definition) is 3. The molecule has 0 heterocycles. The zero-order valence-electron chi connectivity index (χ0n) is 8.93. The minimum absolute atomic E-state index is 0.143. The normalized spacial score (nSPS) is 12.8. The van der Waals surface area contributed by atoms with Crippen LogP contribution in [-0.4, -0.2) is 41.3 Å². The summed E-state index contributed by atoms with van der Waals surface area (Å²) >= 11 is 0. The molecule has 1 unspecified atom stereocenters. The Morgan fingerprint density at radius 3 is 2.75 bits per heavy atom. The van der Waals surface area contributed by atoms with Crippen molar-refractivity contribution in [2.45, 2.75) is 6.04 Å². The molecule has 4 nitrogen and oxygen atoms in total. The first-order valence-electron chi connectivity index (χ1n) is 4.85. The number of halogens is 1. The molecule has 0 aliphatic carbocycles. The molecule has 1 atom stereocenters. The number of carbonyl (C=O) groups is 1. The van der Waals surface area contributed by atoms with Crippen molar-refractivity contribution < 1.29 is 19.4 Å². The van der Waals surface area contributed by atoms with Crippen molar-refractivity contribution in [3.8, 4) is 0 Å². The highest BCUT2D eigenvalue weighted by Crippen LogP contribution is 2.20. The van der Waals surface area contributed by atoms with Crippen molar-refractivity contribution >= 4 is 5.97 Å². The van der Waals surface area contributed by atoms with E-state index in [9.17, 15) is 9.18 Å². The van der Waals surface area contributed by atoms with E-state index in [0.717, 1.165) is 0 Å². The molecule has 0 aromatic heterocycles. The fraction of sp³-hybridized carbons (Fsp3) is 0.364. The Hall–Kier alpha value is -1.46. The average Bonchev–Trinajstić information content (AvgIpc) is 2.17. The van der Waals surface area contributed by atoms with E-state index in [2.05, 4.69) is 0 Å². The summed E-state index contributed by atoms with van der Waals surface area (Å²) in [6.45, 7) is 0.0725. The number of rotatable bonds is 5. The molecule has 0 spiro atoms. The molecule has 0 bridgehead atoms. The summed E-state index contributed by atoms with van der Waals surface area (Å²) in [5.41, 5.74) is 0.364. The molecule has 0 amide bonds. The number of likely N-dealkylation sites (N-methyl/N-ethyl adjacent to an activating group) is 1. The number of carboxylic acid groups (broad SMARTS) is 1. The smallest absolute Gasteiger partial charge is 0.325 e. The van der Waals surface area contributed by atoms with Gasteiger partial charge in [-0.15, -0.1) is 0 Å². The third-order valence-electron chi connectivity index (χ3n) is 2.29. The van der Waals surface area contributed by atoms with E-state index < -0.39 is 17.8 Å². The van der Waals surface area contributed by atoms with Crippen LogP contribution in [0.2, 0.25) is 0 Å². The van der Waals surface area contributed by atoms with E-state index >= 15 is 0 Å². The first-order valence-corrected chi connectivity index (χ1v) is 4.85. The fourth-order valence-corrected chi connectivity index (χ4v) is 1.55. The van der Waals surface area contributed by atoms with Crippen molar-refractivity contribution in [1.82, 2.24) is 4.90 Å². The van der Waals surface area contributed by atoms with E-state index in [4.69, 9.17) is 10.2 Å². The van der Waals surface area contributed by atoms with E-state index in [0.29, 0.717) is 5.56 Å². The van der Waals surface area contributed by atoms with Gasteiger partial charge in [0, 0.05) is 6.54 Å². The SMILES string of the molecule is CN(CCO)C(C(=O)O)c1cccc(F)c1. The predicted octanol–water partition coefficient (Wildman–Crippen LogP) is 0.875. The highest BCUT2D eigenvalue weighted by Gasteiger charge is 2.24. The van der Waals surface area contributed by atoms with Gasteiger partial charge >= 0.3 is 5.97 Å². The number of aliphatic carboxylic acids is 1.